The van der Waals surface area contributed by atoms with Crippen LogP contribution in [0, 0.1) is 5.92 Å². The summed E-state index contributed by atoms with van der Waals surface area (Å²) in [6, 6.07) is -1.83. The number of hydrogen-bond acceptors (Lipinski definition) is 6. The maximum Gasteiger partial charge on any atom is 0.407 e. The first kappa shape index (κ1) is 21.4. The molecule has 2 saturated heterocycles. The molecule has 10 nitrogen and oxygen atoms in total. The smallest absolute Gasteiger partial charge is 0.407 e. The van der Waals surface area contributed by atoms with E-state index in [1.807, 2.05) is 0 Å². The number of urea groups is 1. The molecule has 1 aliphatic carbocycles. The van der Waals surface area contributed by atoms with Crippen molar-refractivity contribution in [3.8, 4) is 0 Å². The Kier molecular flexibility index (Phi) is 6.02. The molecule has 2 aliphatic heterocycles. The Morgan fingerprint density at radius 1 is 1.17 bits per heavy atom. The van der Waals surface area contributed by atoms with Crippen molar-refractivity contribution in [3.63, 3.8) is 0 Å². The molecule has 3 aliphatic rings. The lowest BCUT2D eigenvalue weighted by molar-refractivity contribution is -0.130. The molecule has 0 radical (unpaired) electrons. The summed E-state index contributed by atoms with van der Waals surface area (Å²) < 4.78 is 5.26. The number of carbonyl (C=O) groups excluding carboxylic acids is 4. The van der Waals surface area contributed by atoms with Crippen LogP contribution in [0.2, 0.25) is 0 Å². The molecular formula is C19H30N4O6. The van der Waals surface area contributed by atoms with Gasteiger partial charge < -0.3 is 20.3 Å². The largest absolute Gasteiger partial charge is 0.444 e. The number of nitrogens with zero attached hydrogens (tertiary/aromatic N) is 2. The third-order valence-corrected chi connectivity index (χ3v) is 5.72. The molecule has 3 rings (SSSR count). The first-order chi connectivity index (χ1) is 13.6. The molecule has 0 aromatic heterocycles. The highest BCUT2D eigenvalue weighted by molar-refractivity contribution is 5.92. The fourth-order valence-corrected chi connectivity index (χ4v) is 4.32. The number of Topliss-reactive ketones (excluding diaryl/α,β-unsaturated/α-hetero) is 1. The van der Waals surface area contributed by atoms with E-state index in [4.69, 9.17) is 4.74 Å². The summed E-state index contributed by atoms with van der Waals surface area (Å²) in [5.41, 5.74) is -0.619. The lowest BCUT2D eigenvalue weighted by Gasteiger charge is -2.29. The van der Waals surface area contributed by atoms with Crippen LogP contribution in [0.15, 0.2) is 0 Å². The summed E-state index contributed by atoms with van der Waals surface area (Å²) in [5, 5.41) is 15.8. The van der Waals surface area contributed by atoms with Crippen molar-refractivity contribution < 1.29 is 29.1 Å². The number of piperidine rings is 1. The molecule has 3 fully saturated rings. The van der Waals surface area contributed by atoms with E-state index in [1.165, 1.54) is 4.90 Å². The van der Waals surface area contributed by atoms with Crippen LogP contribution in [-0.2, 0) is 14.3 Å². The molecule has 29 heavy (non-hydrogen) atoms. The molecule has 162 valence electrons. The fraction of sp³-hybridized carbons (Fsp3) is 0.789. The minimum Gasteiger partial charge on any atom is -0.444 e. The number of carbonyl (C=O) groups is 4. The van der Waals surface area contributed by atoms with Gasteiger partial charge in [-0.1, -0.05) is 6.42 Å². The Labute approximate surface area is 169 Å². The van der Waals surface area contributed by atoms with E-state index in [-0.39, 0.29) is 30.3 Å². The number of ether oxygens (including phenoxy) is 1. The van der Waals surface area contributed by atoms with E-state index < -0.39 is 29.7 Å². The Morgan fingerprint density at radius 2 is 1.90 bits per heavy atom. The summed E-state index contributed by atoms with van der Waals surface area (Å²) >= 11 is 0. The van der Waals surface area contributed by atoms with E-state index in [0.717, 1.165) is 6.42 Å². The maximum atomic E-state index is 12.6. The third-order valence-electron chi connectivity index (χ3n) is 5.72. The molecule has 0 aromatic rings. The molecule has 1 saturated carbocycles. The number of amides is 4. The van der Waals surface area contributed by atoms with Gasteiger partial charge in [0.15, 0.2) is 5.78 Å². The van der Waals surface area contributed by atoms with Crippen LogP contribution in [0.25, 0.3) is 0 Å². The molecule has 10 heteroatoms. The highest BCUT2D eigenvalue weighted by Gasteiger charge is 2.47. The quantitative estimate of drug-likeness (QED) is 0.581. The molecule has 0 aromatic carbocycles. The van der Waals surface area contributed by atoms with Gasteiger partial charge in [-0.3, -0.25) is 14.8 Å². The SMILES string of the molecule is CC(C)(C)OC(=O)N[C@@H]1CCC[C@H]1C(=O)CNC(=O)[C@@H]1CC[C@@H]2CN1C(=O)N2O. The minimum atomic E-state index is -0.678. The minimum absolute atomic E-state index is 0.151. The highest BCUT2D eigenvalue weighted by atomic mass is 16.6. The third kappa shape index (κ3) is 4.80. The molecule has 4 amide bonds. The number of nitrogens with one attached hydrogen (secondary N) is 2. The van der Waals surface area contributed by atoms with Crippen LogP contribution < -0.4 is 10.6 Å². The van der Waals surface area contributed by atoms with Gasteiger partial charge in [-0.2, -0.15) is 0 Å². The normalized spacial score (nSPS) is 29.0. The Hall–Kier alpha value is -2.36. The summed E-state index contributed by atoms with van der Waals surface area (Å²) in [6.45, 7) is 5.47. The second-order valence-corrected chi connectivity index (χ2v) is 9.00. The van der Waals surface area contributed by atoms with Crippen molar-refractivity contribution in [1.29, 1.82) is 0 Å². The highest BCUT2D eigenvalue weighted by Crippen LogP contribution is 2.29. The fourth-order valence-electron chi connectivity index (χ4n) is 4.32. The van der Waals surface area contributed by atoms with Gasteiger partial charge in [0.25, 0.3) is 0 Å². The number of hydroxylamine groups is 2. The van der Waals surface area contributed by atoms with Gasteiger partial charge in [0, 0.05) is 18.5 Å². The van der Waals surface area contributed by atoms with Crippen LogP contribution in [0.3, 0.4) is 0 Å². The van der Waals surface area contributed by atoms with E-state index in [2.05, 4.69) is 10.6 Å². The number of fused-ring (bicyclic) bond motifs is 2. The van der Waals surface area contributed by atoms with E-state index in [1.54, 1.807) is 20.8 Å². The number of ketones is 1. The van der Waals surface area contributed by atoms with Gasteiger partial charge in [-0.25, -0.2) is 14.7 Å². The molecular weight excluding hydrogens is 380 g/mol. The van der Waals surface area contributed by atoms with E-state index in [0.29, 0.717) is 37.3 Å². The first-order valence-electron chi connectivity index (χ1n) is 10.2. The molecule has 4 atom stereocenters. The van der Waals surface area contributed by atoms with Crippen molar-refractivity contribution in [2.45, 2.75) is 76.6 Å². The lowest BCUT2D eigenvalue weighted by atomic mass is 9.97. The van der Waals surface area contributed by atoms with Crippen LogP contribution in [0.1, 0.15) is 52.9 Å². The van der Waals surface area contributed by atoms with Crippen LogP contribution in [0.5, 0.6) is 0 Å². The Bertz CT molecular complexity index is 691. The zero-order valence-electron chi connectivity index (χ0n) is 17.1. The van der Waals surface area contributed by atoms with Gasteiger partial charge in [0.2, 0.25) is 5.91 Å². The second-order valence-electron chi connectivity index (χ2n) is 9.00. The zero-order chi connectivity index (χ0) is 21.3. The maximum absolute atomic E-state index is 12.6. The number of rotatable bonds is 5. The van der Waals surface area contributed by atoms with Gasteiger partial charge in [-0.05, 0) is 46.5 Å². The van der Waals surface area contributed by atoms with Crippen LogP contribution in [-0.4, -0.2) is 75.8 Å². The number of alkyl carbamates (subject to hydrolysis) is 1. The number of hydrogen-bond donors (Lipinski definition) is 3. The summed E-state index contributed by atoms with van der Waals surface area (Å²) in [7, 11) is 0. The topological polar surface area (TPSA) is 128 Å². The Balaban J connectivity index is 1.50. The molecule has 2 heterocycles. The summed E-state index contributed by atoms with van der Waals surface area (Å²) in [4.78, 5) is 50.5. The molecule has 3 N–H and O–H groups in total. The van der Waals surface area contributed by atoms with Crippen molar-refractivity contribution in [2.24, 2.45) is 5.92 Å². The lowest BCUT2D eigenvalue weighted by Crippen LogP contribution is -2.51. The van der Waals surface area contributed by atoms with Crippen molar-refractivity contribution in [1.82, 2.24) is 20.6 Å². The van der Waals surface area contributed by atoms with Gasteiger partial charge in [0.05, 0.1) is 12.6 Å². The predicted octanol–water partition coefficient (Wildman–Crippen LogP) is 1.02. The second kappa shape index (κ2) is 8.17. The van der Waals surface area contributed by atoms with Crippen LogP contribution in [0.4, 0.5) is 9.59 Å². The molecule has 0 spiro atoms. The van der Waals surface area contributed by atoms with Crippen molar-refractivity contribution >= 4 is 23.8 Å². The zero-order valence-corrected chi connectivity index (χ0v) is 17.1. The van der Waals surface area contributed by atoms with E-state index in [9.17, 15) is 24.4 Å². The van der Waals surface area contributed by atoms with Gasteiger partial charge in [-0.15, -0.1) is 0 Å². The van der Waals surface area contributed by atoms with Gasteiger partial charge >= 0.3 is 12.1 Å². The Morgan fingerprint density at radius 3 is 2.59 bits per heavy atom. The van der Waals surface area contributed by atoms with Crippen LogP contribution >= 0.6 is 0 Å². The predicted molar refractivity (Wildman–Crippen MR) is 101 cm³/mol. The first-order valence-corrected chi connectivity index (χ1v) is 10.2. The van der Waals surface area contributed by atoms with Crippen molar-refractivity contribution in [2.75, 3.05) is 13.1 Å². The molecule has 2 bridgehead atoms. The summed E-state index contributed by atoms with van der Waals surface area (Å²) in [5.74, 6) is -0.919. The standard InChI is InChI=1S/C19H30N4O6/c1-19(2,3)29-17(26)21-13-6-4-5-12(13)15(24)9-20-16(25)14-8-7-11-10-22(14)18(27)23(11)28/h11-14,28H,4-10H2,1-3H3,(H,20,25)(H,21,26)/t11-,12-,13-,14+/m1/s1. The average Bonchev–Trinajstić information content (AvgIpc) is 3.17. The molecule has 0 unspecified atom stereocenters. The monoisotopic (exact) mass is 410 g/mol. The van der Waals surface area contributed by atoms with Gasteiger partial charge in [0.1, 0.15) is 11.6 Å². The van der Waals surface area contributed by atoms with Crippen molar-refractivity contribution in [3.05, 3.63) is 0 Å². The average molecular weight is 410 g/mol. The van der Waals surface area contributed by atoms with E-state index >= 15 is 0 Å². The summed E-state index contributed by atoms with van der Waals surface area (Å²) in [6.07, 6.45) is 2.56.